The van der Waals surface area contributed by atoms with Crippen LogP contribution in [0.25, 0.3) is 0 Å². The van der Waals surface area contributed by atoms with E-state index < -0.39 is 169 Å². The van der Waals surface area contributed by atoms with E-state index in [1.165, 1.54) is 35.0 Å². The van der Waals surface area contributed by atoms with Crippen LogP contribution in [-0.4, -0.2) is 213 Å². The number of nitrogens with zero attached hydrogens (tertiary/aromatic N) is 3. The predicted molar refractivity (Wildman–Crippen MR) is 279 cm³/mol. The van der Waals surface area contributed by atoms with E-state index in [0.29, 0.717) is 18.4 Å². The van der Waals surface area contributed by atoms with E-state index in [1.807, 2.05) is 0 Å². The average molecular weight is 1090 g/mol. The van der Waals surface area contributed by atoms with Gasteiger partial charge in [0.25, 0.3) is 5.91 Å². The van der Waals surface area contributed by atoms with Crippen molar-refractivity contribution in [1.29, 1.82) is 0 Å². The SMILES string of the molecule is CC[C@H](C)[C@@H]1NC(=O)CNC(=O)[C@H](Cc2ccccc2)N(C)C(=O)[C@H](C(C)C)NC(=O)[C@H]([C@@H](C)O)N(C)C(=O)[C@H](CC(C)C)NC(=O)[C@H](O)[C@@H](O)[C@H](O)COC(=O)[C@H](C)N(C)C(=O)[C@H]([C@@H](C)CC)NC(=O)[C@H](CO)NC1=O. The van der Waals surface area contributed by atoms with E-state index in [0.717, 1.165) is 14.7 Å². The maximum absolute atomic E-state index is 14.5. The van der Waals surface area contributed by atoms with Crippen LogP contribution in [0.1, 0.15) is 94.1 Å². The highest BCUT2D eigenvalue weighted by atomic mass is 16.5. The first-order valence-electron chi connectivity index (χ1n) is 26.1. The summed E-state index contributed by atoms with van der Waals surface area (Å²) >= 11 is 0. The van der Waals surface area contributed by atoms with Crippen molar-refractivity contribution in [2.75, 3.05) is 40.9 Å². The number of ether oxygens (including phenoxy) is 1. The fourth-order valence-corrected chi connectivity index (χ4v) is 8.34. The van der Waals surface area contributed by atoms with Crippen molar-refractivity contribution in [1.82, 2.24) is 46.6 Å². The number of cyclic esters (lactones) is 1. The Labute approximate surface area is 450 Å². The molecule has 77 heavy (non-hydrogen) atoms. The molecule has 1 heterocycles. The summed E-state index contributed by atoms with van der Waals surface area (Å²) in [5, 5.41) is 68.9. The lowest BCUT2D eigenvalue weighted by molar-refractivity contribution is -0.162. The van der Waals surface area contributed by atoms with Crippen molar-refractivity contribution in [3.63, 3.8) is 0 Å². The second kappa shape index (κ2) is 31.2. The molecule has 0 saturated carbocycles. The standard InChI is InChI=1S/C52H85N9O16/c1-14-28(7)39-46(70)55-34(24-62)44(68)58-40(29(8)15-2)51(75)59(11)30(9)52(76)77-25-36(64)42(66)43(67)48(72)54-33(21-26(3)4)49(73)61(13)41(31(10)63)47(71)57-38(27(5)6)50(74)60(12)35(22-32-19-17-16-18-20-32)45(69)53-23-37(65)56-39/h16-20,26-31,33-36,38-43,62-64,66-67H,14-15,21-25H2,1-13H3,(H,53,69)(H,54,72)(H,55,70)(H,56,65)(H,57,71)(H,58,68)/t28-,29-,30-,31+,33-,34-,35-,36+,38-,39-,40-,41-,42-,43+/m0/s1. The van der Waals surface area contributed by atoms with Crippen LogP contribution in [0.4, 0.5) is 0 Å². The van der Waals surface area contributed by atoms with Crippen LogP contribution in [0.2, 0.25) is 0 Å². The third kappa shape index (κ3) is 19.0. The largest absolute Gasteiger partial charge is 0.461 e. The number of amides is 9. The molecule has 25 nitrogen and oxygen atoms in total. The van der Waals surface area contributed by atoms with Gasteiger partial charge in [0.15, 0.2) is 6.10 Å². The molecule has 0 spiro atoms. The third-order valence-corrected chi connectivity index (χ3v) is 13.9. The first-order chi connectivity index (χ1) is 35.9. The molecule has 434 valence electrons. The minimum Gasteiger partial charge on any atom is -0.461 e. The molecule has 25 heteroatoms. The van der Waals surface area contributed by atoms with Crippen molar-refractivity contribution in [2.24, 2.45) is 23.7 Å². The van der Waals surface area contributed by atoms with Crippen molar-refractivity contribution in [3.8, 4) is 0 Å². The summed E-state index contributed by atoms with van der Waals surface area (Å²) in [5.74, 6) is -11.7. The highest BCUT2D eigenvalue weighted by Gasteiger charge is 2.42. The number of carbonyl (C=O) groups excluding carboxylic acids is 10. The molecule has 0 unspecified atom stereocenters. The molecule has 0 radical (unpaired) electrons. The third-order valence-electron chi connectivity index (χ3n) is 13.9. The summed E-state index contributed by atoms with van der Waals surface area (Å²) in [6.07, 6.45) is -7.98. The number of aliphatic hydroxyl groups is 5. The lowest BCUT2D eigenvalue weighted by Crippen LogP contribution is -2.62. The highest BCUT2D eigenvalue weighted by Crippen LogP contribution is 2.18. The Balaban J connectivity index is 2.74. The van der Waals surface area contributed by atoms with E-state index in [9.17, 15) is 73.5 Å². The fourth-order valence-electron chi connectivity index (χ4n) is 8.34. The van der Waals surface area contributed by atoms with Crippen molar-refractivity contribution in [3.05, 3.63) is 35.9 Å². The van der Waals surface area contributed by atoms with Gasteiger partial charge in [0.1, 0.15) is 67.1 Å². The number of carbonyl (C=O) groups is 10. The Morgan fingerprint density at radius 2 is 1.18 bits per heavy atom. The van der Waals surface area contributed by atoms with Gasteiger partial charge in [-0.2, -0.15) is 0 Å². The van der Waals surface area contributed by atoms with Crippen LogP contribution < -0.4 is 31.9 Å². The van der Waals surface area contributed by atoms with Gasteiger partial charge < -0.3 is 76.9 Å². The molecule has 0 aromatic heterocycles. The van der Waals surface area contributed by atoms with Gasteiger partial charge in [-0.1, -0.05) is 98.6 Å². The molecule has 11 N–H and O–H groups in total. The lowest BCUT2D eigenvalue weighted by atomic mass is 9.96. The Hall–Kier alpha value is -6.28. The average Bonchev–Trinajstić information content (AvgIpc) is 3.39. The number of hydrogen-bond donors (Lipinski definition) is 11. The van der Waals surface area contributed by atoms with Gasteiger partial charge in [0.05, 0.1) is 19.3 Å². The van der Waals surface area contributed by atoms with E-state index in [-0.39, 0.29) is 18.8 Å². The quantitative estimate of drug-likeness (QED) is 0.0989. The van der Waals surface area contributed by atoms with E-state index in [2.05, 4.69) is 31.9 Å². The highest BCUT2D eigenvalue weighted by molar-refractivity contribution is 5.98. The predicted octanol–water partition coefficient (Wildman–Crippen LogP) is -2.92. The number of likely N-dealkylation sites (N-methyl/N-ethyl adjacent to an activating group) is 3. The number of aliphatic hydroxyl groups excluding tert-OH is 5. The zero-order valence-corrected chi connectivity index (χ0v) is 46.6. The molecule has 1 fully saturated rings. The molecule has 9 amide bonds. The summed E-state index contributed by atoms with van der Waals surface area (Å²) < 4.78 is 5.16. The number of nitrogens with one attached hydrogen (secondary N) is 6. The molecule has 14 atom stereocenters. The zero-order valence-electron chi connectivity index (χ0n) is 46.6. The molecule has 0 bridgehead atoms. The van der Waals surface area contributed by atoms with E-state index in [1.54, 1.807) is 85.7 Å². The first-order valence-corrected chi connectivity index (χ1v) is 26.1. The summed E-state index contributed by atoms with van der Waals surface area (Å²) in [6.45, 7) is 13.1. The molecule has 1 aromatic rings. The van der Waals surface area contributed by atoms with E-state index >= 15 is 0 Å². The fraction of sp³-hybridized carbons (Fsp3) is 0.692. The molecular formula is C52H85N9O16. The summed E-state index contributed by atoms with van der Waals surface area (Å²) in [6, 6.07) is -3.05. The smallest absolute Gasteiger partial charge is 0.328 e. The molecular weight excluding hydrogens is 1010 g/mol. The summed E-state index contributed by atoms with van der Waals surface area (Å²) in [7, 11) is 3.71. The van der Waals surface area contributed by atoms with Gasteiger partial charge in [-0.25, -0.2) is 4.79 Å². The van der Waals surface area contributed by atoms with Gasteiger partial charge in [-0.3, -0.25) is 43.2 Å². The normalized spacial score (nSPS) is 28.9. The first kappa shape index (κ1) is 66.8. The number of benzene rings is 1. The van der Waals surface area contributed by atoms with Crippen LogP contribution in [0.15, 0.2) is 30.3 Å². The van der Waals surface area contributed by atoms with E-state index in [4.69, 9.17) is 4.74 Å². The summed E-state index contributed by atoms with van der Waals surface area (Å²) in [5.41, 5.74) is 0.609. The number of rotatable bonds is 11. The van der Waals surface area contributed by atoms with Crippen molar-refractivity contribution in [2.45, 2.75) is 168 Å². The van der Waals surface area contributed by atoms with Crippen LogP contribution in [0.3, 0.4) is 0 Å². The molecule has 2 rings (SSSR count). The number of hydrogen-bond acceptors (Lipinski definition) is 16. The van der Waals surface area contributed by atoms with Gasteiger partial charge in [-0.15, -0.1) is 0 Å². The van der Waals surface area contributed by atoms with Crippen LogP contribution in [0.5, 0.6) is 0 Å². The topological polar surface area (TPSA) is 363 Å². The second-order valence-electron chi connectivity index (χ2n) is 20.7. The minimum absolute atomic E-state index is 0.0797. The van der Waals surface area contributed by atoms with Crippen molar-refractivity contribution >= 4 is 59.1 Å². The van der Waals surface area contributed by atoms with Crippen LogP contribution in [-0.2, 0) is 59.1 Å². The zero-order chi connectivity index (χ0) is 58.8. The van der Waals surface area contributed by atoms with Gasteiger partial charge in [-0.05, 0) is 49.5 Å². The van der Waals surface area contributed by atoms with Crippen LogP contribution in [0, 0.1) is 23.7 Å². The monoisotopic (exact) mass is 1090 g/mol. The summed E-state index contributed by atoms with van der Waals surface area (Å²) in [4.78, 5) is 142. The number of esters is 1. The molecule has 1 aromatic carbocycles. The molecule has 1 saturated heterocycles. The molecule has 1 aliphatic rings. The molecule has 1 aliphatic heterocycles. The Morgan fingerprint density at radius 3 is 1.71 bits per heavy atom. The van der Waals surface area contributed by atoms with Crippen molar-refractivity contribution < 1.29 is 78.2 Å². The maximum atomic E-state index is 14.5. The van der Waals surface area contributed by atoms with Gasteiger partial charge in [0.2, 0.25) is 47.3 Å². The second-order valence-corrected chi connectivity index (χ2v) is 20.7. The van der Waals surface area contributed by atoms with Gasteiger partial charge in [0, 0.05) is 27.6 Å². The lowest BCUT2D eigenvalue weighted by Gasteiger charge is -2.36. The Kier molecular flexibility index (Phi) is 27.1. The van der Waals surface area contributed by atoms with Crippen LogP contribution >= 0.6 is 0 Å². The maximum Gasteiger partial charge on any atom is 0.328 e. The molecule has 0 aliphatic carbocycles. The minimum atomic E-state index is -2.43. The Morgan fingerprint density at radius 1 is 0.636 bits per heavy atom. The Bertz CT molecular complexity index is 2180. The van der Waals surface area contributed by atoms with Gasteiger partial charge >= 0.3 is 5.97 Å².